The van der Waals surface area contributed by atoms with Gasteiger partial charge in [-0.1, -0.05) is 0 Å². The van der Waals surface area contributed by atoms with E-state index >= 15 is 0 Å². The fraction of sp³-hybridized carbons (Fsp3) is 0.571. The molecule has 1 amide bonds. The van der Waals surface area contributed by atoms with Crippen LogP contribution in [0, 0.1) is 0 Å². The molecular weight excluding hydrogens is 410 g/mol. The van der Waals surface area contributed by atoms with Crippen LogP contribution in [-0.4, -0.2) is 56.5 Å². The number of carbonyl (C=O) groups is 1. The fourth-order valence-corrected chi connectivity index (χ4v) is 2.65. The topological polar surface area (TPSA) is 89.7 Å². The first-order valence-electron chi connectivity index (χ1n) is 7.84. The van der Waals surface area contributed by atoms with Gasteiger partial charge < -0.3 is 15.2 Å². The summed E-state index contributed by atoms with van der Waals surface area (Å²) in [5, 5.41) is 9.47. The first-order valence-corrected chi connectivity index (χ1v) is 7.84. The van der Waals surface area contributed by atoms with E-state index in [0.717, 1.165) is 23.6 Å². The van der Waals surface area contributed by atoms with Gasteiger partial charge in [-0.15, -0.1) is 24.8 Å². The van der Waals surface area contributed by atoms with Crippen molar-refractivity contribution in [2.75, 3.05) is 20.1 Å². The van der Waals surface area contributed by atoms with Crippen molar-refractivity contribution in [2.45, 2.75) is 32.1 Å². The van der Waals surface area contributed by atoms with Crippen molar-refractivity contribution >= 4 is 30.7 Å². The van der Waals surface area contributed by atoms with Gasteiger partial charge in [-0.2, -0.15) is 18.3 Å². The van der Waals surface area contributed by atoms with Gasteiger partial charge in [0.1, 0.15) is 18.1 Å². The van der Waals surface area contributed by atoms with Gasteiger partial charge >= 0.3 is 6.18 Å². The maximum Gasteiger partial charge on any atom is 0.408 e. The number of fused-ring (bicyclic) bond motifs is 1. The van der Waals surface area contributed by atoms with E-state index in [0.29, 0.717) is 18.7 Å². The summed E-state index contributed by atoms with van der Waals surface area (Å²) in [5.41, 5.74) is 0.330. The molecule has 3 heterocycles. The molecule has 152 valence electrons. The lowest BCUT2D eigenvalue weighted by Gasteiger charge is -2.07. The van der Waals surface area contributed by atoms with Gasteiger partial charge in [-0.25, -0.2) is 14.6 Å². The number of halogens is 5. The van der Waals surface area contributed by atoms with E-state index in [1.165, 1.54) is 7.05 Å². The van der Waals surface area contributed by atoms with Crippen LogP contribution in [0.2, 0.25) is 0 Å². The Morgan fingerprint density at radius 2 is 2.04 bits per heavy atom. The molecular formula is C14H20Cl2F3N7O. The number of rotatable bonds is 4. The smallest absolute Gasteiger partial charge is 0.359 e. The van der Waals surface area contributed by atoms with Gasteiger partial charge in [0.15, 0.2) is 11.6 Å². The van der Waals surface area contributed by atoms with Gasteiger partial charge in [0.05, 0.1) is 6.42 Å². The highest BCUT2D eigenvalue weighted by Crippen LogP contribution is 2.23. The highest BCUT2D eigenvalue weighted by molar-refractivity contribution is 5.85. The molecule has 0 saturated heterocycles. The van der Waals surface area contributed by atoms with E-state index in [-0.39, 0.29) is 48.8 Å². The zero-order chi connectivity index (χ0) is 18.0. The molecule has 0 aromatic carbocycles. The van der Waals surface area contributed by atoms with E-state index in [2.05, 4.69) is 25.7 Å². The Balaban J connectivity index is 0.00000182. The summed E-state index contributed by atoms with van der Waals surface area (Å²) in [4.78, 5) is 20.0. The monoisotopic (exact) mass is 429 g/mol. The first-order chi connectivity index (χ1) is 11.9. The summed E-state index contributed by atoms with van der Waals surface area (Å²) >= 11 is 0. The molecule has 0 saturated carbocycles. The van der Waals surface area contributed by atoms with Crippen LogP contribution in [0.25, 0.3) is 11.5 Å². The summed E-state index contributed by atoms with van der Waals surface area (Å²) in [7, 11) is 1.44. The molecule has 0 aliphatic carbocycles. The number of likely N-dealkylation sites (N-methyl/N-ethyl adjacent to an activating group) is 1. The van der Waals surface area contributed by atoms with E-state index < -0.39 is 12.7 Å². The number of hydrogen-bond acceptors (Lipinski definition) is 5. The Hall–Kier alpha value is -1.85. The molecule has 0 fully saturated rings. The van der Waals surface area contributed by atoms with Gasteiger partial charge in [-0.05, 0) is 0 Å². The van der Waals surface area contributed by atoms with Crippen molar-refractivity contribution < 1.29 is 18.0 Å². The van der Waals surface area contributed by atoms with Crippen LogP contribution in [0.4, 0.5) is 13.2 Å². The lowest BCUT2D eigenvalue weighted by molar-refractivity contribution is -0.142. The number of aromatic nitrogens is 5. The standard InChI is InChI=1S/C14H18F3N7O.2ClH/c1-18-12(25)6-10-21-13(24(22-10)8-14(15,16)17)9-7-23-5-4-19-3-2-11(23)20-9;;/h7,19H,2-6,8H2,1H3,(H,18,25);2*1H. The lowest BCUT2D eigenvalue weighted by Crippen LogP contribution is -2.21. The second kappa shape index (κ2) is 9.38. The maximum absolute atomic E-state index is 12.9. The average molecular weight is 430 g/mol. The molecule has 27 heavy (non-hydrogen) atoms. The van der Waals surface area contributed by atoms with Crippen molar-refractivity contribution in [1.29, 1.82) is 0 Å². The number of carbonyl (C=O) groups excluding carboxylic acids is 1. The van der Waals surface area contributed by atoms with Crippen LogP contribution >= 0.6 is 24.8 Å². The zero-order valence-corrected chi connectivity index (χ0v) is 16.0. The van der Waals surface area contributed by atoms with E-state index in [4.69, 9.17) is 0 Å². The minimum atomic E-state index is -4.45. The molecule has 2 N–H and O–H groups in total. The van der Waals surface area contributed by atoms with Crippen LogP contribution in [-0.2, 0) is 30.7 Å². The predicted octanol–water partition coefficient (Wildman–Crippen LogP) is 0.982. The van der Waals surface area contributed by atoms with Crippen LogP contribution in [0.15, 0.2) is 6.20 Å². The molecule has 8 nitrogen and oxygen atoms in total. The number of nitrogens with one attached hydrogen (secondary N) is 2. The van der Waals surface area contributed by atoms with Crippen LogP contribution in [0.3, 0.4) is 0 Å². The third-order valence-corrected chi connectivity index (χ3v) is 3.79. The minimum Gasteiger partial charge on any atom is -0.359 e. The SMILES string of the molecule is CNC(=O)Cc1nc(-c2cn3c(n2)CCNCC3)n(CC(F)(F)F)n1.Cl.Cl. The average Bonchev–Trinajstić information content (AvgIpc) is 3.03. The second-order valence-corrected chi connectivity index (χ2v) is 5.71. The molecule has 0 bridgehead atoms. The Morgan fingerprint density at radius 1 is 1.30 bits per heavy atom. The number of imidazole rings is 1. The Labute approximate surface area is 165 Å². The summed E-state index contributed by atoms with van der Waals surface area (Å²) in [6, 6.07) is 0. The molecule has 1 aliphatic rings. The van der Waals surface area contributed by atoms with Crippen LogP contribution in [0.5, 0.6) is 0 Å². The van der Waals surface area contributed by atoms with Crippen LogP contribution in [0.1, 0.15) is 11.6 Å². The summed E-state index contributed by atoms with van der Waals surface area (Å²) in [6.07, 6.45) is -2.28. The highest BCUT2D eigenvalue weighted by atomic mass is 35.5. The third-order valence-electron chi connectivity index (χ3n) is 3.79. The van der Waals surface area contributed by atoms with E-state index in [1.54, 1.807) is 6.20 Å². The second-order valence-electron chi connectivity index (χ2n) is 5.71. The molecule has 0 radical (unpaired) electrons. The summed E-state index contributed by atoms with van der Waals surface area (Å²) in [6.45, 7) is 0.918. The molecule has 1 aliphatic heterocycles. The summed E-state index contributed by atoms with van der Waals surface area (Å²) in [5.74, 6) is 0.463. The van der Waals surface area contributed by atoms with Gasteiger partial charge in [0.2, 0.25) is 5.91 Å². The zero-order valence-electron chi connectivity index (χ0n) is 14.4. The van der Waals surface area contributed by atoms with E-state index in [9.17, 15) is 18.0 Å². The van der Waals surface area contributed by atoms with Gasteiger partial charge in [-0.3, -0.25) is 4.79 Å². The number of amides is 1. The van der Waals surface area contributed by atoms with E-state index in [1.807, 2.05) is 4.57 Å². The van der Waals surface area contributed by atoms with Crippen LogP contribution < -0.4 is 10.6 Å². The molecule has 2 aromatic heterocycles. The number of nitrogens with zero attached hydrogens (tertiary/aromatic N) is 5. The first kappa shape index (κ1) is 23.2. The Morgan fingerprint density at radius 3 is 2.70 bits per heavy atom. The molecule has 2 aromatic rings. The maximum atomic E-state index is 12.9. The molecule has 3 rings (SSSR count). The molecule has 0 spiro atoms. The molecule has 0 unspecified atom stereocenters. The minimum absolute atomic E-state index is 0. The fourth-order valence-electron chi connectivity index (χ4n) is 2.65. The number of alkyl halides is 3. The lowest BCUT2D eigenvalue weighted by atomic mass is 10.4. The predicted molar refractivity (Wildman–Crippen MR) is 96.1 cm³/mol. The van der Waals surface area contributed by atoms with Crippen molar-refractivity contribution in [2.24, 2.45) is 0 Å². The van der Waals surface area contributed by atoms with Crippen molar-refractivity contribution in [1.82, 2.24) is 34.9 Å². The van der Waals surface area contributed by atoms with Crippen molar-refractivity contribution in [3.8, 4) is 11.5 Å². The largest absolute Gasteiger partial charge is 0.408 e. The van der Waals surface area contributed by atoms with Crippen molar-refractivity contribution in [3.63, 3.8) is 0 Å². The molecule has 13 heteroatoms. The van der Waals surface area contributed by atoms with Gasteiger partial charge in [0.25, 0.3) is 0 Å². The molecule has 0 atom stereocenters. The Bertz CT molecular complexity index is 752. The third kappa shape index (κ3) is 5.81. The normalized spacial score (nSPS) is 13.8. The van der Waals surface area contributed by atoms with Gasteiger partial charge in [0, 0.05) is 39.3 Å². The number of hydrogen-bond donors (Lipinski definition) is 2. The quantitative estimate of drug-likeness (QED) is 0.755. The summed E-state index contributed by atoms with van der Waals surface area (Å²) < 4.78 is 41.2. The highest BCUT2D eigenvalue weighted by Gasteiger charge is 2.31. The van der Waals surface area contributed by atoms with Crippen molar-refractivity contribution in [3.05, 3.63) is 17.8 Å². The Kier molecular flexibility index (Phi) is 8.05.